The fraction of sp³-hybridized carbons (Fsp3) is 0.182. The monoisotopic (exact) mass is 190 g/mol. The molecule has 0 amide bonds. The summed E-state index contributed by atoms with van der Waals surface area (Å²) in [5.74, 6) is 0.405. The molecule has 0 bridgehead atoms. The normalized spacial score (nSPS) is 10.4. The smallest absolute Gasteiger partial charge is 0.140 e. The first-order chi connectivity index (χ1) is 6.83. The number of H-pyrrole nitrogens is 1. The number of aromatic amines is 1. The van der Waals surface area contributed by atoms with E-state index in [1.54, 1.807) is 24.5 Å². The van der Waals surface area contributed by atoms with Gasteiger partial charge in [0.25, 0.3) is 0 Å². The SMILES string of the molecule is CCc1cccc(-c2ncc[nH]2)c1F. The minimum absolute atomic E-state index is 0.176. The van der Waals surface area contributed by atoms with Crippen LogP contribution in [0.5, 0.6) is 0 Å². The molecule has 0 aliphatic carbocycles. The number of hydrogen-bond acceptors (Lipinski definition) is 1. The molecule has 0 unspecified atom stereocenters. The van der Waals surface area contributed by atoms with Gasteiger partial charge < -0.3 is 4.98 Å². The Morgan fingerprint density at radius 3 is 2.93 bits per heavy atom. The first-order valence-electron chi connectivity index (χ1n) is 4.60. The van der Waals surface area contributed by atoms with Gasteiger partial charge in [0, 0.05) is 12.4 Å². The van der Waals surface area contributed by atoms with E-state index in [1.165, 1.54) is 0 Å². The van der Waals surface area contributed by atoms with E-state index in [1.807, 2.05) is 13.0 Å². The number of halogens is 1. The van der Waals surface area contributed by atoms with Gasteiger partial charge in [0.15, 0.2) is 0 Å². The maximum Gasteiger partial charge on any atom is 0.140 e. The molecule has 2 nitrogen and oxygen atoms in total. The molecule has 2 aromatic rings. The van der Waals surface area contributed by atoms with Crippen molar-refractivity contribution in [3.8, 4) is 11.4 Å². The Balaban J connectivity index is 2.54. The first-order valence-corrected chi connectivity index (χ1v) is 4.60. The van der Waals surface area contributed by atoms with Gasteiger partial charge in [-0.15, -0.1) is 0 Å². The summed E-state index contributed by atoms with van der Waals surface area (Å²) in [6.45, 7) is 1.93. The Hall–Kier alpha value is -1.64. The lowest BCUT2D eigenvalue weighted by molar-refractivity contribution is 0.614. The number of nitrogens with one attached hydrogen (secondary N) is 1. The second-order valence-electron chi connectivity index (χ2n) is 3.07. The van der Waals surface area contributed by atoms with Gasteiger partial charge in [0.05, 0.1) is 5.56 Å². The number of benzene rings is 1. The summed E-state index contributed by atoms with van der Waals surface area (Å²) in [6, 6.07) is 5.37. The van der Waals surface area contributed by atoms with E-state index in [9.17, 15) is 4.39 Å². The zero-order valence-corrected chi connectivity index (χ0v) is 7.92. The van der Waals surface area contributed by atoms with Crippen molar-refractivity contribution < 1.29 is 4.39 Å². The predicted molar refractivity (Wildman–Crippen MR) is 53.4 cm³/mol. The highest BCUT2D eigenvalue weighted by molar-refractivity contribution is 5.57. The zero-order valence-electron chi connectivity index (χ0n) is 7.92. The molecule has 0 radical (unpaired) electrons. The standard InChI is InChI=1S/C11H11FN2/c1-2-8-4-3-5-9(10(8)12)11-13-6-7-14-11/h3-7H,2H2,1H3,(H,13,14). The summed E-state index contributed by atoms with van der Waals surface area (Å²) in [5, 5.41) is 0. The van der Waals surface area contributed by atoms with Crippen molar-refractivity contribution in [2.45, 2.75) is 13.3 Å². The van der Waals surface area contributed by atoms with E-state index in [2.05, 4.69) is 9.97 Å². The third kappa shape index (κ3) is 1.41. The van der Waals surface area contributed by atoms with Gasteiger partial charge in [-0.1, -0.05) is 19.1 Å². The number of aromatic nitrogens is 2. The highest BCUT2D eigenvalue weighted by atomic mass is 19.1. The number of rotatable bonds is 2. The van der Waals surface area contributed by atoms with E-state index in [4.69, 9.17) is 0 Å². The highest BCUT2D eigenvalue weighted by Crippen LogP contribution is 2.21. The lowest BCUT2D eigenvalue weighted by Crippen LogP contribution is -1.92. The van der Waals surface area contributed by atoms with Gasteiger partial charge >= 0.3 is 0 Å². The fourth-order valence-corrected chi connectivity index (χ4v) is 1.45. The Kier molecular flexibility index (Phi) is 2.31. The van der Waals surface area contributed by atoms with Crippen LogP contribution in [0.2, 0.25) is 0 Å². The maximum atomic E-state index is 13.8. The summed E-state index contributed by atoms with van der Waals surface area (Å²) in [4.78, 5) is 6.92. The van der Waals surface area contributed by atoms with E-state index >= 15 is 0 Å². The van der Waals surface area contributed by atoms with Crippen molar-refractivity contribution in [2.24, 2.45) is 0 Å². The van der Waals surface area contributed by atoms with E-state index in [0.717, 1.165) is 5.56 Å². The molecule has 14 heavy (non-hydrogen) atoms. The molecule has 1 aromatic heterocycles. The topological polar surface area (TPSA) is 28.7 Å². The highest BCUT2D eigenvalue weighted by Gasteiger charge is 2.09. The molecule has 72 valence electrons. The third-order valence-electron chi connectivity index (χ3n) is 2.21. The van der Waals surface area contributed by atoms with Gasteiger partial charge in [-0.25, -0.2) is 9.37 Å². The number of hydrogen-bond donors (Lipinski definition) is 1. The summed E-state index contributed by atoms with van der Waals surface area (Å²) in [5.41, 5.74) is 1.26. The van der Waals surface area contributed by atoms with Crippen LogP contribution in [0.25, 0.3) is 11.4 Å². The summed E-state index contributed by atoms with van der Waals surface area (Å²) < 4.78 is 13.8. The van der Waals surface area contributed by atoms with Crippen LogP contribution in [-0.4, -0.2) is 9.97 Å². The van der Waals surface area contributed by atoms with Gasteiger partial charge in [0.1, 0.15) is 11.6 Å². The van der Waals surface area contributed by atoms with E-state index < -0.39 is 0 Å². The molecule has 0 atom stereocenters. The molecule has 1 heterocycles. The van der Waals surface area contributed by atoms with Gasteiger partial charge in [-0.2, -0.15) is 0 Å². The van der Waals surface area contributed by atoms with Crippen LogP contribution in [0.4, 0.5) is 4.39 Å². The van der Waals surface area contributed by atoms with Crippen molar-refractivity contribution in [2.75, 3.05) is 0 Å². The van der Waals surface area contributed by atoms with Crippen LogP contribution in [0.15, 0.2) is 30.6 Å². The molecule has 0 aliphatic rings. The first kappa shape index (κ1) is 8.94. The molecule has 0 saturated carbocycles. The van der Waals surface area contributed by atoms with Crippen LogP contribution < -0.4 is 0 Å². The molecule has 0 fully saturated rings. The summed E-state index contributed by atoms with van der Waals surface area (Å²) in [6.07, 6.45) is 4.00. The average molecular weight is 190 g/mol. The van der Waals surface area contributed by atoms with Crippen molar-refractivity contribution >= 4 is 0 Å². The van der Waals surface area contributed by atoms with Crippen LogP contribution in [-0.2, 0) is 6.42 Å². The summed E-state index contributed by atoms with van der Waals surface area (Å²) in [7, 11) is 0. The maximum absolute atomic E-state index is 13.8. The van der Waals surface area contributed by atoms with Crippen LogP contribution in [0.1, 0.15) is 12.5 Å². The molecule has 2 rings (SSSR count). The minimum Gasteiger partial charge on any atom is -0.345 e. The Morgan fingerprint density at radius 2 is 2.29 bits per heavy atom. The lowest BCUT2D eigenvalue weighted by Gasteiger charge is -2.03. The molecule has 1 N–H and O–H groups in total. The molecule has 3 heteroatoms. The molecule has 0 saturated heterocycles. The minimum atomic E-state index is -0.176. The average Bonchev–Trinajstić information content (AvgIpc) is 2.71. The van der Waals surface area contributed by atoms with Crippen molar-refractivity contribution in [1.29, 1.82) is 0 Å². The van der Waals surface area contributed by atoms with E-state index in [-0.39, 0.29) is 5.82 Å². The number of aryl methyl sites for hydroxylation is 1. The van der Waals surface area contributed by atoms with Crippen LogP contribution >= 0.6 is 0 Å². The molecule has 0 aliphatic heterocycles. The van der Waals surface area contributed by atoms with Crippen LogP contribution in [0, 0.1) is 5.82 Å². The molecular formula is C11H11FN2. The van der Waals surface area contributed by atoms with Gasteiger partial charge in [-0.05, 0) is 18.1 Å². The Labute approximate surface area is 81.8 Å². The third-order valence-corrected chi connectivity index (χ3v) is 2.21. The van der Waals surface area contributed by atoms with Crippen molar-refractivity contribution in [3.63, 3.8) is 0 Å². The molecule has 1 aromatic carbocycles. The number of nitrogens with zero attached hydrogens (tertiary/aromatic N) is 1. The summed E-state index contributed by atoms with van der Waals surface area (Å²) >= 11 is 0. The van der Waals surface area contributed by atoms with Gasteiger partial charge in [-0.3, -0.25) is 0 Å². The van der Waals surface area contributed by atoms with Crippen molar-refractivity contribution in [1.82, 2.24) is 9.97 Å². The second kappa shape index (κ2) is 3.62. The van der Waals surface area contributed by atoms with Gasteiger partial charge in [0.2, 0.25) is 0 Å². The number of imidazole rings is 1. The molecule has 0 spiro atoms. The quantitative estimate of drug-likeness (QED) is 0.775. The zero-order chi connectivity index (χ0) is 9.97. The fourth-order valence-electron chi connectivity index (χ4n) is 1.45. The van der Waals surface area contributed by atoms with Crippen molar-refractivity contribution in [3.05, 3.63) is 42.0 Å². The predicted octanol–water partition coefficient (Wildman–Crippen LogP) is 2.78. The largest absolute Gasteiger partial charge is 0.345 e. The molecular weight excluding hydrogens is 179 g/mol. The Bertz CT molecular complexity index is 421. The van der Waals surface area contributed by atoms with Crippen LogP contribution in [0.3, 0.4) is 0 Å². The van der Waals surface area contributed by atoms with E-state index in [0.29, 0.717) is 17.8 Å². The second-order valence-corrected chi connectivity index (χ2v) is 3.07. The Morgan fingerprint density at radius 1 is 1.43 bits per heavy atom. The lowest BCUT2D eigenvalue weighted by atomic mass is 10.1.